The number of methoxy groups -OCH3 is 1. The average molecular weight is 458 g/mol. The zero-order valence-corrected chi connectivity index (χ0v) is 18.9. The van der Waals surface area contributed by atoms with Crippen molar-refractivity contribution in [3.8, 4) is 5.75 Å². The molecule has 32 heavy (non-hydrogen) atoms. The van der Waals surface area contributed by atoms with Crippen molar-refractivity contribution in [2.75, 3.05) is 26.7 Å². The number of ether oxygens (including phenoxy) is 1. The SMILES string of the molecule is COc1cnc2ccc(=O)n(CCN3CCC(NCc4cnc(CO)c(Cl)c4)CC3)c2c1. The number of aliphatic hydroxyl groups is 1. The molecule has 0 saturated carbocycles. The van der Waals surface area contributed by atoms with Crippen molar-refractivity contribution in [2.24, 2.45) is 0 Å². The maximum atomic E-state index is 12.5. The van der Waals surface area contributed by atoms with E-state index in [-0.39, 0.29) is 12.2 Å². The number of fused-ring (bicyclic) bond motifs is 1. The highest BCUT2D eigenvalue weighted by molar-refractivity contribution is 6.31. The minimum atomic E-state index is -0.153. The molecule has 0 bridgehead atoms. The summed E-state index contributed by atoms with van der Waals surface area (Å²) in [5.41, 5.74) is 3.07. The van der Waals surface area contributed by atoms with Crippen LogP contribution in [0.5, 0.6) is 5.75 Å². The Bertz CT molecular complexity index is 1130. The Hall–Kier alpha value is -2.52. The molecule has 0 aliphatic carbocycles. The summed E-state index contributed by atoms with van der Waals surface area (Å²) in [7, 11) is 1.60. The van der Waals surface area contributed by atoms with E-state index in [0.29, 0.717) is 35.6 Å². The van der Waals surface area contributed by atoms with Gasteiger partial charge in [-0.15, -0.1) is 0 Å². The molecule has 3 aromatic rings. The number of hydrogen-bond acceptors (Lipinski definition) is 7. The first-order valence-corrected chi connectivity index (χ1v) is 11.2. The van der Waals surface area contributed by atoms with Gasteiger partial charge in [0, 0.05) is 44.0 Å². The molecule has 1 aliphatic heterocycles. The second kappa shape index (κ2) is 10.4. The second-order valence-electron chi connectivity index (χ2n) is 8.03. The van der Waals surface area contributed by atoms with E-state index < -0.39 is 0 Å². The van der Waals surface area contributed by atoms with Crippen LogP contribution in [0.3, 0.4) is 0 Å². The third-order valence-corrected chi connectivity index (χ3v) is 6.32. The molecule has 1 aliphatic rings. The summed E-state index contributed by atoms with van der Waals surface area (Å²) in [5.74, 6) is 0.645. The van der Waals surface area contributed by atoms with Gasteiger partial charge in [0.25, 0.3) is 5.56 Å². The maximum absolute atomic E-state index is 12.5. The zero-order chi connectivity index (χ0) is 22.5. The van der Waals surface area contributed by atoms with Crippen LogP contribution >= 0.6 is 11.6 Å². The van der Waals surface area contributed by atoms with Gasteiger partial charge in [0.15, 0.2) is 0 Å². The predicted molar refractivity (Wildman–Crippen MR) is 124 cm³/mol. The normalized spacial score (nSPS) is 15.3. The van der Waals surface area contributed by atoms with Crippen LogP contribution in [0.1, 0.15) is 24.1 Å². The number of pyridine rings is 3. The molecular formula is C23H28ClN5O3. The molecule has 9 heteroatoms. The lowest BCUT2D eigenvalue weighted by Gasteiger charge is -2.32. The molecule has 4 heterocycles. The first-order chi connectivity index (χ1) is 15.6. The third kappa shape index (κ3) is 5.27. The van der Waals surface area contributed by atoms with Gasteiger partial charge >= 0.3 is 0 Å². The van der Waals surface area contributed by atoms with Gasteiger partial charge < -0.3 is 24.6 Å². The van der Waals surface area contributed by atoms with Gasteiger partial charge in [-0.05, 0) is 43.6 Å². The highest BCUT2D eigenvalue weighted by Gasteiger charge is 2.19. The molecule has 0 amide bonds. The lowest BCUT2D eigenvalue weighted by atomic mass is 10.0. The van der Waals surface area contributed by atoms with Crippen LogP contribution in [-0.2, 0) is 19.7 Å². The molecule has 1 saturated heterocycles. The lowest BCUT2D eigenvalue weighted by molar-refractivity contribution is 0.191. The minimum absolute atomic E-state index is 0.0245. The van der Waals surface area contributed by atoms with Crippen molar-refractivity contribution in [1.29, 1.82) is 0 Å². The summed E-state index contributed by atoms with van der Waals surface area (Å²) in [6.45, 7) is 3.92. The number of aliphatic hydroxyl groups excluding tert-OH is 1. The van der Waals surface area contributed by atoms with Crippen molar-refractivity contribution in [2.45, 2.75) is 38.6 Å². The Morgan fingerprint density at radius 1 is 1.19 bits per heavy atom. The van der Waals surface area contributed by atoms with Crippen molar-refractivity contribution >= 4 is 22.6 Å². The second-order valence-corrected chi connectivity index (χ2v) is 8.44. The minimum Gasteiger partial charge on any atom is -0.495 e. The summed E-state index contributed by atoms with van der Waals surface area (Å²) in [5, 5.41) is 13.3. The fourth-order valence-electron chi connectivity index (χ4n) is 4.07. The maximum Gasteiger partial charge on any atom is 0.251 e. The summed E-state index contributed by atoms with van der Waals surface area (Å²) in [4.78, 5) is 23.5. The fourth-order valence-corrected chi connectivity index (χ4v) is 4.32. The Morgan fingerprint density at radius 2 is 2.00 bits per heavy atom. The van der Waals surface area contributed by atoms with Crippen molar-refractivity contribution < 1.29 is 9.84 Å². The topological polar surface area (TPSA) is 92.5 Å². The molecule has 8 nitrogen and oxygen atoms in total. The Balaban J connectivity index is 1.30. The molecule has 2 N–H and O–H groups in total. The van der Waals surface area contributed by atoms with Crippen LogP contribution in [0, 0.1) is 0 Å². The van der Waals surface area contributed by atoms with Gasteiger partial charge in [-0.3, -0.25) is 14.8 Å². The molecule has 0 atom stereocenters. The van der Waals surface area contributed by atoms with E-state index in [4.69, 9.17) is 16.3 Å². The Kier molecular flexibility index (Phi) is 7.36. The van der Waals surface area contributed by atoms with E-state index >= 15 is 0 Å². The van der Waals surface area contributed by atoms with Crippen molar-refractivity contribution in [3.05, 3.63) is 63.3 Å². The number of halogens is 1. The van der Waals surface area contributed by atoms with Crippen LogP contribution < -0.4 is 15.6 Å². The average Bonchev–Trinajstić information content (AvgIpc) is 2.82. The van der Waals surface area contributed by atoms with Crippen LogP contribution in [-0.4, -0.2) is 57.3 Å². The summed E-state index contributed by atoms with van der Waals surface area (Å²) < 4.78 is 7.06. The van der Waals surface area contributed by atoms with Gasteiger partial charge in [0.1, 0.15) is 5.75 Å². The molecule has 0 unspecified atom stereocenters. The summed E-state index contributed by atoms with van der Waals surface area (Å²) in [6, 6.07) is 7.48. The number of rotatable bonds is 8. The van der Waals surface area contributed by atoms with Crippen LogP contribution in [0.2, 0.25) is 5.02 Å². The van der Waals surface area contributed by atoms with Crippen molar-refractivity contribution in [3.63, 3.8) is 0 Å². The molecule has 1 fully saturated rings. The summed E-state index contributed by atoms with van der Waals surface area (Å²) >= 11 is 6.13. The largest absolute Gasteiger partial charge is 0.495 e. The van der Waals surface area contributed by atoms with E-state index in [0.717, 1.165) is 49.1 Å². The first kappa shape index (κ1) is 22.7. The first-order valence-electron chi connectivity index (χ1n) is 10.8. The van der Waals surface area contributed by atoms with Gasteiger partial charge in [-0.25, -0.2) is 0 Å². The molecule has 0 radical (unpaired) electrons. The lowest BCUT2D eigenvalue weighted by Crippen LogP contribution is -2.43. The smallest absolute Gasteiger partial charge is 0.251 e. The van der Waals surface area contributed by atoms with E-state index in [9.17, 15) is 9.90 Å². The molecule has 0 aromatic carbocycles. The highest BCUT2D eigenvalue weighted by Crippen LogP contribution is 2.18. The number of piperidine rings is 1. The number of hydrogen-bond donors (Lipinski definition) is 2. The van der Waals surface area contributed by atoms with Gasteiger partial charge in [-0.2, -0.15) is 0 Å². The fraction of sp³-hybridized carbons (Fsp3) is 0.435. The predicted octanol–water partition coefficient (Wildman–Crippen LogP) is 2.20. The van der Waals surface area contributed by atoms with Gasteiger partial charge in [0.05, 0.1) is 41.7 Å². The number of likely N-dealkylation sites (tertiary alicyclic amines) is 1. The zero-order valence-electron chi connectivity index (χ0n) is 18.1. The number of aromatic nitrogens is 3. The van der Waals surface area contributed by atoms with Gasteiger partial charge in [0.2, 0.25) is 0 Å². The molecule has 4 rings (SSSR count). The van der Waals surface area contributed by atoms with E-state index in [1.165, 1.54) is 0 Å². The molecule has 0 spiro atoms. The highest BCUT2D eigenvalue weighted by atomic mass is 35.5. The van der Waals surface area contributed by atoms with Crippen LogP contribution in [0.4, 0.5) is 0 Å². The molecular weight excluding hydrogens is 430 g/mol. The Morgan fingerprint density at radius 3 is 2.72 bits per heavy atom. The van der Waals surface area contributed by atoms with E-state index in [1.54, 1.807) is 36.2 Å². The van der Waals surface area contributed by atoms with Crippen molar-refractivity contribution in [1.82, 2.24) is 24.8 Å². The molecule has 170 valence electrons. The number of nitrogens with one attached hydrogen (secondary N) is 1. The van der Waals surface area contributed by atoms with Gasteiger partial charge in [-0.1, -0.05) is 11.6 Å². The Labute approximate surface area is 191 Å². The quantitative estimate of drug-likeness (QED) is 0.535. The molecule has 3 aromatic heterocycles. The summed E-state index contributed by atoms with van der Waals surface area (Å²) in [6.07, 6.45) is 5.50. The van der Waals surface area contributed by atoms with E-state index in [2.05, 4.69) is 20.2 Å². The van der Waals surface area contributed by atoms with Crippen LogP contribution in [0.15, 0.2) is 41.5 Å². The van der Waals surface area contributed by atoms with E-state index in [1.807, 2.05) is 12.1 Å². The number of nitrogens with zero attached hydrogens (tertiary/aromatic N) is 4. The standard InChI is InChI=1S/C23H28ClN5O3/c1-32-18-11-22-20(27-14-18)2-3-23(31)29(22)9-8-28-6-4-17(5-7-28)25-12-16-10-19(24)21(15-30)26-13-16/h2-3,10-11,13-14,17,25,30H,4-9,12,15H2,1H3. The monoisotopic (exact) mass is 457 g/mol. The third-order valence-electron chi connectivity index (χ3n) is 5.99. The van der Waals surface area contributed by atoms with Crippen LogP contribution in [0.25, 0.3) is 11.0 Å².